The highest BCUT2D eigenvalue weighted by molar-refractivity contribution is 7.90. The van der Waals surface area contributed by atoms with Gasteiger partial charge in [0, 0.05) is 31.5 Å². The van der Waals surface area contributed by atoms with E-state index < -0.39 is 9.84 Å². The Balaban J connectivity index is 2.88. The van der Waals surface area contributed by atoms with E-state index in [-0.39, 0.29) is 16.8 Å². The lowest BCUT2D eigenvalue weighted by Gasteiger charge is -2.18. The van der Waals surface area contributed by atoms with Gasteiger partial charge in [0.1, 0.15) is 0 Å². The van der Waals surface area contributed by atoms with Crippen molar-refractivity contribution in [1.29, 1.82) is 0 Å². The fraction of sp³-hybridized carbons (Fsp3) is 0.462. The van der Waals surface area contributed by atoms with Crippen LogP contribution in [-0.2, 0) is 9.84 Å². The van der Waals surface area contributed by atoms with E-state index in [1.54, 1.807) is 24.1 Å². The van der Waals surface area contributed by atoms with Gasteiger partial charge in [-0.25, -0.2) is 8.42 Å². The van der Waals surface area contributed by atoms with Crippen molar-refractivity contribution in [2.24, 2.45) is 5.73 Å². The Morgan fingerprint density at radius 2 is 2.05 bits per heavy atom. The molecule has 0 heterocycles. The number of carbonyl (C=O) groups excluding carboxylic acids is 1. The molecule has 2 N–H and O–H groups in total. The molecule has 0 saturated heterocycles. The molecule has 0 radical (unpaired) electrons. The summed E-state index contributed by atoms with van der Waals surface area (Å²) in [5.74, 6) is -0.203. The maximum absolute atomic E-state index is 12.1. The molecule has 1 aromatic carbocycles. The molecule has 0 saturated carbocycles. The van der Waals surface area contributed by atoms with E-state index in [9.17, 15) is 13.2 Å². The Kier molecular flexibility index (Phi) is 5.08. The van der Waals surface area contributed by atoms with Crippen molar-refractivity contribution in [3.8, 4) is 0 Å². The Bertz CT molecular complexity index is 553. The van der Waals surface area contributed by atoms with Crippen molar-refractivity contribution in [2.45, 2.75) is 24.3 Å². The van der Waals surface area contributed by atoms with Crippen LogP contribution in [-0.4, -0.2) is 45.1 Å². The van der Waals surface area contributed by atoms with Gasteiger partial charge in [-0.3, -0.25) is 4.79 Å². The molecule has 106 valence electrons. The molecule has 0 fully saturated rings. The van der Waals surface area contributed by atoms with Crippen LogP contribution in [0.1, 0.15) is 23.7 Å². The highest BCUT2D eigenvalue weighted by Gasteiger charge is 2.15. The van der Waals surface area contributed by atoms with Crippen molar-refractivity contribution >= 4 is 15.7 Å². The predicted molar refractivity (Wildman–Crippen MR) is 74.8 cm³/mol. The molecule has 0 aliphatic carbocycles. The first kappa shape index (κ1) is 15.7. The molecule has 1 aromatic rings. The standard InChI is InChI=1S/C13H20N2O3S/c1-10(14)7-8-15(2)13(16)11-5-4-6-12(9-11)19(3,17)18/h4-6,9-10H,7-8,14H2,1-3H3. The number of amides is 1. The van der Waals surface area contributed by atoms with E-state index in [1.807, 2.05) is 6.92 Å². The molecule has 0 aliphatic rings. The lowest BCUT2D eigenvalue weighted by Crippen LogP contribution is -2.31. The molecule has 6 heteroatoms. The van der Waals surface area contributed by atoms with E-state index in [2.05, 4.69) is 0 Å². The summed E-state index contributed by atoms with van der Waals surface area (Å²) in [6, 6.07) is 6.09. The summed E-state index contributed by atoms with van der Waals surface area (Å²) >= 11 is 0. The van der Waals surface area contributed by atoms with Crippen LogP contribution >= 0.6 is 0 Å². The average molecular weight is 284 g/mol. The van der Waals surface area contributed by atoms with Crippen molar-refractivity contribution < 1.29 is 13.2 Å². The van der Waals surface area contributed by atoms with Gasteiger partial charge >= 0.3 is 0 Å². The second-order valence-corrected chi connectivity index (χ2v) is 6.81. The summed E-state index contributed by atoms with van der Waals surface area (Å²) in [5.41, 5.74) is 6.01. The zero-order valence-electron chi connectivity index (χ0n) is 11.5. The fourth-order valence-electron chi connectivity index (χ4n) is 1.58. The van der Waals surface area contributed by atoms with Crippen LogP contribution in [0.4, 0.5) is 0 Å². The third kappa shape index (κ3) is 4.65. The van der Waals surface area contributed by atoms with Gasteiger partial charge in [0.15, 0.2) is 9.84 Å². The van der Waals surface area contributed by atoms with E-state index in [0.29, 0.717) is 18.5 Å². The number of hydrogen-bond acceptors (Lipinski definition) is 4. The molecule has 1 unspecified atom stereocenters. The number of carbonyl (C=O) groups is 1. The highest BCUT2D eigenvalue weighted by atomic mass is 32.2. The first-order chi connectivity index (χ1) is 8.71. The van der Waals surface area contributed by atoms with Crippen LogP contribution in [0.5, 0.6) is 0 Å². The van der Waals surface area contributed by atoms with Gasteiger partial charge in [0.2, 0.25) is 0 Å². The Labute approximate surface area is 114 Å². The topological polar surface area (TPSA) is 80.5 Å². The van der Waals surface area contributed by atoms with E-state index in [1.165, 1.54) is 12.1 Å². The SMILES string of the molecule is CC(N)CCN(C)C(=O)c1cccc(S(C)(=O)=O)c1. The van der Waals surface area contributed by atoms with Crippen molar-refractivity contribution in [3.63, 3.8) is 0 Å². The second-order valence-electron chi connectivity index (χ2n) is 4.79. The van der Waals surface area contributed by atoms with Crippen LogP contribution in [0, 0.1) is 0 Å². The number of nitrogens with two attached hydrogens (primary N) is 1. The molecule has 1 amide bonds. The van der Waals surface area contributed by atoms with Gasteiger partial charge in [-0.05, 0) is 31.5 Å². The molecule has 19 heavy (non-hydrogen) atoms. The van der Waals surface area contributed by atoms with E-state index in [0.717, 1.165) is 6.26 Å². The molecule has 1 atom stereocenters. The highest BCUT2D eigenvalue weighted by Crippen LogP contribution is 2.13. The van der Waals surface area contributed by atoms with Gasteiger partial charge < -0.3 is 10.6 Å². The average Bonchev–Trinajstić information content (AvgIpc) is 2.34. The lowest BCUT2D eigenvalue weighted by atomic mass is 10.2. The smallest absolute Gasteiger partial charge is 0.253 e. The second kappa shape index (κ2) is 6.16. The normalized spacial score (nSPS) is 13.1. The summed E-state index contributed by atoms with van der Waals surface area (Å²) in [6.07, 6.45) is 1.82. The van der Waals surface area contributed by atoms with Crippen molar-refractivity contribution in [2.75, 3.05) is 19.8 Å². The van der Waals surface area contributed by atoms with Crippen molar-refractivity contribution in [3.05, 3.63) is 29.8 Å². The molecule has 0 aromatic heterocycles. The minimum atomic E-state index is -3.30. The zero-order valence-corrected chi connectivity index (χ0v) is 12.3. The Hall–Kier alpha value is -1.40. The van der Waals surface area contributed by atoms with Gasteiger partial charge in [-0.15, -0.1) is 0 Å². The number of sulfone groups is 1. The molecule has 1 rings (SSSR count). The number of rotatable bonds is 5. The molecule has 5 nitrogen and oxygen atoms in total. The van der Waals surface area contributed by atoms with Gasteiger partial charge in [-0.2, -0.15) is 0 Å². The van der Waals surface area contributed by atoms with Crippen molar-refractivity contribution in [1.82, 2.24) is 4.90 Å². The monoisotopic (exact) mass is 284 g/mol. The van der Waals surface area contributed by atoms with Gasteiger partial charge in [-0.1, -0.05) is 6.07 Å². The molecule has 0 bridgehead atoms. The maximum atomic E-state index is 12.1. The van der Waals surface area contributed by atoms with Crippen LogP contribution in [0.2, 0.25) is 0 Å². The third-order valence-electron chi connectivity index (χ3n) is 2.78. The third-order valence-corrected chi connectivity index (χ3v) is 3.89. The van der Waals surface area contributed by atoms with Crippen LogP contribution in [0.15, 0.2) is 29.2 Å². The molecular weight excluding hydrogens is 264 g/mol. The molecule has 0 spiro atoms. The molecular formula is C13H20N2O3S. The summed E-state index contributed by atoms with van der Waals surface area (Å²) in [5, 5.41) is 0. The minimum Gasteiger partial charge on any atom is -0.342 e. The van der Waals surface area contributed by atoms with Crippen LogP contribution in [0.3, 0.4) is 0 Å². The summed E-state index contributed by atoms with van der Waals surface area (Å²) < 4.78 is 22.9. The minimum absolute atomic E-state index is 0.0256. The lowest BCUT2D eigenvalue weighted by molar-refractivity contribution is 0.0791. The van der Waals surface area contributed by atoms with Crippen LogP contribution in [0.25, 0.3) is 0 Å². The van der Waals surface area contributed by atoms with E-state index in [4.69, 9.17) is 5.73 Å². The quantitative estimate of drug-likeness (QED) is 0.871. The fourth-order valence-corrected chi connectivity index (χ4v) is 2.25. The summed E-state index contributed by atoms with van der Waals surface area (Å²) in [6.45, 7) is 2.42. The summed E-state index contributed by atoms with van der Waals surface area (Å²) in [4.78, 5) is 13.8. The summed E-state index contributed by atoms with van der Waals surface area (Å²) in [7, 11) is -1.62. The number of benzene rings is 1. The number of nitrogens with zero attached hydrogens (tertiary/aromatic N) is 1. The van der Waals surface area contributed by atoms with Gasteiger partial charge in [0.25, 0.3) is 5.91 Å². The first-order valence-electron chi connectivity index (χ1n) is 6.03. The molecule has 0 aliphatic heterocycles. The predicted octanol–water partition coefficient (Wildman–Crippen LogP) is 0.899. The first-order valence-corrected chi connectivity index (χ1v) is 7.92. The Morgan fingerprint density at radius 1 is 1.42 bits per heavy atom. The maximum Gasteiger partial charge on any atom is 0.253 e. The number of hydrogen-bond donors (Lipinski definition) is 1. The zero-order chi connectivity index (χ0) is 14.6. The van der Waals surface area contributed by atoms with E-state index >= 15 is 0 Å². The largest absolute Gasteiger partial charge is 0.342 e. The van der Waals surface area contributed by atoms with Crippen LogP contribution < -0.4 is 5.73 Å². The Morgan fingerprint density at radius 3 is 2.58 bits per heavy atom. The van der Waals surface area contributed by atoms with Gasteiger partial charge in [0.05, 0.1) is 4.90 Å².